The van der Waals surface area contributed by atoms with Crippen LogP contribution >= 0.6 is 0 Å². The largest absolute Gasteiger partial charge is 0.342 e. The lowest BCUT2D eigenvalue weighted by Crippen LogP contribution is -2.74. The van der Waals surface area contributed by atoms with Crippen LogP contribution in [0, 0.1) is 11.3 Å². The summed E-state index contributed by atoms with van der Waals surface area (Å²) in [6.45, 7) is 12.2. The molecule has 1 saturated heterocycles. The molecule has 1 aliphatic heterocycles. The van der Waals surface area contributed by atoms with Gasteiger partial charge >= 0.3 is 0 Å². The minimum Gasteiger partial charge on any atom is -0.342 e. The van der Waals surface area contributed by atoms with Crippen molar-refractivity contribution in [2.24, 2.45) is 11.3 Å². The zero-order chi connectivity index (χ0) is 16.0. The summed E-state index contributed by atoms with van der Waals surface area (Å²) >= 11 is 0. The summed E-state index contributed by atoms with van der Waals surface area (Å²) in [6, 6.07) is -0.267. The van der Waals surface area contributed by atoms with Crippen molar-refractivity contribution in [1.82, 2.24) is 10.2 Å². The standard InChI is InChI=1S/C17H30N2O2/c1-7-12(8-2)19-14(20)13(16(3,4)5)18-15(21)17(19,6)11-9-10-11/h11-13H,7-10H2,1-6H3,(H,18,21). The molecular formula is C17H30N2O2. The Kier molecular flexibility index (Phi) is 4.11. The van der Waals surface area contributed by atoms with Crippen LogP contribution in [-0.2, 0) is 9.59 Å². The predicted molar refractivity (Wildman–Crippen MR) is 83.7 cm³/mol. The van der Waals surface area contributed by atoms with Gasteiger partial charge in [-0.1, -0.05) is 34.6 Å². The van der Waals surface area contributed by atoms with E-state index in [9.17, 15) is 9.59 Å². The molecule has 2 aliphatic rings. The Morgan fingerprint density at radius 1 is 1.24 bits per heavy atom. The molecule has 2 unspecified atom stereocenters. The molecule has 0 radical (unpaired) electrons. The number of nitrogens with zero attached hydrogens (tertiary/aromatic N) is 1. The van der Waals surface area contributed by atoms with E-state index in [2.05, 4.69) is 19.2 Å². The fourth-order valence-corrected chi connectivity index (χ4v) is 3.64. The minimum absolute atomic E-state index is 0.0384. The van der Waals surface area contributed by atoms with E-state index in [1.54, 1.807) is 0 Å². The molecule has 0 bridgehead atoms. The molecule has 1 N–H and O–H groups in total. The summed E-state index contributed by atoms with van der Waals surface area (Å²) in [5.74, 6) is 0.463. The molecule has 0 aromatic heterocycles. The van der Waals surface area contributed by atoms with Crippen LogP contribution in [0.5, 0.6) is 0 Å². The van der Waals surface area contributed by atoms with E-state index in [1.165, 1.54) is 0 Å². The van der Waals surface area contributed by atoms with Crippen LogP contribution in [0.2, 0.25) is 0 Å². The van der Waals surface area contributed by atoms with Gasteiger partial charge in [-0.15, -0.1) is 0 Å². The van der Waals surface area contributed by atoms with Crippen LogP contribution in [0.25, 0.3) is 0 Å². The first kappa shape index (κ1) is 16.3. The molecule has 2 rings (SSSR count). The number of rotatable bonds is 4. The van der Waals surface area contributed by atoms with Gasteiger partial charge < -0.3 is 10.2 Å². The molecule has 1 aliphatic carbocycles. The highest BCUT2D eigenvalue weighted by atomic mass is 16.2. The van der Waals surface area contributed by atoms with Crippen molar-refractivity contribution in [2.45, 2.75) is 84.8 Å². The molecule has 4 heteroatoms. The van der Waals surface area contributed by atoms with Crippen LogP contribution in [-0.4, -0.2) is 34.3 Å². The number of hydrogen-bond donors (Lipinski definition) is 1. The molecule has 0 aromatic rings. The number of carbonyl (C=O) groups is 2. The van der Waals surface area contributed by atoms with Crippen molar-refractivity contribution >= 4 is 11.8 Å². The van der Waals surface area contributed by atoms with Crippen molar-refractivity contribution in [1.29, 1.82) is 0 Å². The van der Waals surface area contributed by atoms with Gasteiger partial charge in [0, 0.05) is 6.04 Å². The average Bonchev–Trinajstić information content (AvgIpc) is 3.22. The van der Waals surface area contributed by atoms with Crippen LogP contribution in [0.1, 0.15) is 67.2 Å². The number of amides is 2. The Morgan fingerprint density at radius 2 is 1.76 bits per heavy atom. The molecule has 2 atom stereocenters. The third-order valence-electron chi connectivity index (χ3n) is 5.27. The normalized spacial score (nSPS) is 30.8. The van der Waals surface area contributed by atoms with E-state index in [0.717, 1.165) is 25.7 Å². The minimum atomic E-state index is -0.657. The van der Waals surface area contributed by atoms with Gasteiger partial charge in [-0.25, -0.2) is 0 Å². The first-order valence-electron chi connectivity index (χ1n) is 8.32. The highest BCUT2D eigenvalue weighted by molar-refractivity contribution is 6.00. The summed E-state index contributed by atoms with van der Waals surface area (Å²) in [7, 11) is 0. The van der Waals surface area contributed by atoms with E-state index >= 15 is 0 Å². The molecule has 21 heavy (non-hydrogen) atoms. The zero-order valence-electron chi connectivity index (χ0n) is 14.3. The van der Waals surface area contributed by atoms with Crippen LogP contribution in [0.4, 0.5) is 0 Å². The van der Waals surface area contributed by atoms with Crippen molar-refractivity contribution in [2.75, 3.05) is 0 Å². The van der Waals surface area contributed by atoms with Gasteiger partial charge in [-0.3, -0.25) is 9.59 Å². The SMILES string of the molecule is CCC(CC)N1C(=O)C(C(C)(C)C)NC(=O)C1(C)C1CC1. The van der Waals surface area contributed by atoms with Gasteiger partial charge in [0.15, 0.2) is 0 Å². The number of carbonyl (C=O) groups excluding carboxylic acids is 2. The van der Waals surface area contributed by atoms with Crippen LogP contribution in [0.3, 0.4) is 0 Å². The lowest BCUT2D eigenvalue weighted by Gasteiger charge is -2.52. The topological polar surface area (TPSA) is 49.4 Å². The van der Waals surface area contributed by atoms with Gasteiger partial charge in [-0.2, -0.15) is 0 Å². The second kappa shape index (κ2) is 5.29. The van der Waals surface area contributed by atoms with Crippen molar-refractivity contribution in [3.63, 3.8) is 0 Å². The summed E-state index contributed by atoms with van der Waals surface area (Å²) in [6.07, 6.45) is 3.89. The fourth-order valence-electron chi connectivity index (χ4n) is 3.64. The van der Waals surface area contributed by atoms with E-state index in [-0.39, 0.29) is 23.3 Å². The van der Waals surface area contributed by atoms with Gasteiger partial charge in [0.2, 0.25) is 11.8 Å². The molecule has 1 heterocycles. The van der Waals surface area contributed by atoms with Gasteiger partial charge in [0.05, 0.1) is 0 Å². The van der Waals surface area contributed by atoms with E-state index in [1.807, 2.05) is 32.6 Å². The van der Waals surface area contributed by atoms with Crippen molar-refractivity contribution < 1.29 is 9.59 Å². The molecule has 120 valence electrons. The van der Waals surface area contributed by atoms with Crippen molar-refractivity contribution in [3.05, 3.63) is 0 Å². The summed E-state index contributed by atoms with van der Waals surface area (Å²) < 4.78 is 0. The Hall–Kier alpha value is -1.06. The highest BCUT2D eigenvalue weighted by Crippen LogP contribution is 2.47. The molecule has 0 spiro atoms. The van der Waals surface area contributed by atoms with Gasteiger partial charge in [0.25, 0.3) is 0 Å². The maximum Gasteiger partial charge on any atom is 0.246 e. The molecule has 2 fully saturated rings. The highest BCUT2D eigenvalue weighted by Gasteiger charge is 2.59. The second-order valence-corrected chi connectivity index (χ2v) is 7.87. The van der Waals surface area contributed by atoms with Crippen molar-refractivity contribution in [3.8, 4) is 0 Å². The van der Waals surface area contributed by atoms with E-state index < -0.39 is 11.6 Å². The number of nitrogens with one attached hydrogen (secondary N) is 1. The number of hydrogen-bond acceptors (Lipinski definition) is 2. The predicted octanol–water partition coefficient (Wildman–Crippen LogP) is 2.72. The van der Waals surface area contributed by atoms with Gasteiger partial charge in [0.1, 0.15) is 11.6 Å². The monoisotopic (exact) mass is 294 g/mol. The maximum atomic E-state index is 13.1. The summed E-state index contributed by atoms with van der Waals surface area (Å²) in [5.41, 5.74) is -0.919. The van der Waals surface area contributed by atoms with E-state index in [4.69, 9.17) is 0 Å². The summed E-state index contributed by atoms with van der Waals surface area (Å²) in [5, 5.41) is 3.02. The third kappa shape index (κ3) is 2.58. The maximum absolute atomic E-state index is 13.1. The summed E-state index contributed by atoms with van der Waals surface area (Å²) in [4.78, 5) is 27.9. The first-order chi connectivity index (χ1) is 9.67. The quantitative estimate of drug-likeness (QED) is 0.866. The smallest absolute Gasteiger partial charge is 0.246 e. The lowest BCUT2D eigenvalue weighted by atomic mass is 9.78. The molecular weight excluding hydrogens is 264 g/mol. The fraction of sp³-hybridized carbons (Fsp3) is 0.882. The molecule has 0 aromatic carbocycles. The number of piperazine rings is 1. The van der Waals surface area contributed by atoms with E-state index in [0.29, 0.717) is 5.92 Å². The third-order valence-corrected chi connectivity index (χ3v) is 5.27. The second-order valence-electron chi connectivity index (χ2n) is 7.87. The molecule has 1 saturated carbocycles. The Balaban J connectivity index is 2.44. The molecule has 2 amide bonds. The average molecular weight is 294 g/mol. The Bertz CT molecular complexity index is 433. The first-order valence-corrected chi connectivity index (χ1v) is 8.32. The Morgan fingerprint density at radius 3 is 2.14 bits per heavy atom. The van der Waals surface area contributed by atoms with Crippen LogP contribution in [0.15, 0.2) is 0 Å². The van der Waals surface area contributed by atoms with Gasteiger partial charge in [-0.05, 0) is 43.9 Å². The Labute approximate surface area is 128 Å². The zero-order valence-corrected chi connectivity index (χ0v) is 14.3. The van der Waals surface area contributed by atoms with Crippen LogP contribution < -0.4 is 5.32 Å². The lowest BCUT2D eigenvalue weighted by molar-refractivity contribution is -0.165. The molecule has 4 nitrogen and oxygen atoms in total.